The van der Waals surface area contributed by atoms with Gasteiger partial charge < -0.3 is 4.74 Å². The molecule has 2 unspecified atom stereocenters. The van der Waals surface area contributed by atoms with Gasteiger partial charge in [0.05, 0.1) is 6.61 Å². The number of esters is 1. The number of rotatable bonds is 4. The van der Waals surface area contributed by atoms with Crippen molar-refractivity contribution in [2.24, 2.45) is 11.8 Å². The van der Waals surface area contributed by atoms with Crippen molar-refractivity contribution in [2.45, 2.75) is 46.0 Å². The van der Waals surface area contributed by atoms with E-state index in [1.165, 1.54) is 0 Å². The SMILES string of the molecule is CCOC(=O)CCC1CC(C)CCC1=O. The largest absolute Gasteiger partial charge is 0.466 e. The molecule has 0 aliphatic heterocycles. The second-order valence-corrected chi connectivity index (χ2v) is 4.39. The lowest BCUT2D eigenvalue weighted by atomic mass is 9.79. The molecule has 2 atom stereocenters. The third-order valence-electron chi connectivity index (χ3n) is 3.03. The van der Waals surface area contributed by atoms with Crippen LogP contribution in [0, 0.1) is 11.8 Å². The maximum Gasteiger partial charge on any atom is 0.305 e. The topological polar surface area (TPSA) is 43.4 Å². The maximum absolute atomic E-state index is 11.6. The van der Waals surface area contributed by atoms with Gasteiger partial charge >= 0.3 is 5.97 Å². The Balaban J connectivity index is 2.30. The number of ether oxygens (including phenoxy) is 1. The molecule has 0 bridgehead atoms. The van der Waals surface area contributed by atoms with Crippen molar-refractivity contribution in [3.8, 4) is 0 Å². The van der Waals surface area contributed by atoms with Gasteiger partial charge in [0.15, 0.2) is 0 Å². The van der Waals surface area contributed by atoms with Crippen LogP contribution in [0.25, 0.3) is 0 Å². The van der Waals surface area contributed by atoms with Crippen LogP contribution < -0.4 is 0 Å². The number of Topliss-reactive ketones (excluding diaryl/α,β-unsaturated/α-hetero) is 1. The van der Waals surface area contributed by atoms with E-state index in [-0.39, 0.29) is 11.9 Å². The van der Waals surface area contributed by atoms with Crippen molar-refractivity contribution in [3.05, 3.63) is 0 Å². The molecule has 0 aromatic carbocycles. The highest BCUT2D eigenvalue weighted by Gasteiger charge is 2.26. The van der Waals surface area contributed by atoms with Crippen LogP contribution in [0.1, 0.15) is 46.0 Å². The fourth-order valence-electron chi connectivity index (χ4n) is 2.13. The minimum atomic E-state index is -0.177. The Morgan fingerprint density at radius 2 is 2.27 bits per heavy atom. The highest BCUT2D eigenvalue weighted by Crippen LogP contribution is 2.28. The molecule has 0 aromatic heterocycles. The van der Waals surface area contributed by atoms with Gasteiger partial charge in [-0.05, 0) is 32.1 Å². The predicted octanol–water partition coefficient (Wildman–Crippen LogP) is 2.33. The Kier molecular flexibility index (Phi) is 4.79. The van der Waals surface area contributed by atoms with E-state index in [0.29, 0.717) is 37.6 Å². The first-order valence-corrected chi connectivity index (χ1v) is 5.81. The van der Waals surface area contributed by atoms with Crippen molar-refractivity contribution in [3.63, 3.8) is 0 Å². The van der Waals surface area contributed by atoms with Gasteiger partial charge in [-0.25, -0.2) is 0 Å². The Labute approximate surface area is 91.2 Å². The van der Waals surface area contributed by atoms with Gasteiger partial charge in [-0.3, -0.25) is 9.59 Å². The summed E-state index contributed by atoms with van der Waals surface area (Å²) in [7, 11) is 0. The second-order valence-electron chi connectivity index (χ2n) is 4.39. The highest BCUT2D eigenvalue weighted by molar-refractivity contribution is 5.82. The molecule has 15 heavy (non-hydrogen) atoms. The Morgan fingerprint density at radius 1 is 1.53 bits per heavy atom. The molecular formula is C12H20O3. The molecule has 1 rings (SSSR count). The van der Waals surface area contributed by atoms with Crippen LogP contribution in [0.5, 0.6) is 0 Å². The van der Waals surface area contributed by atoms with Crippen LogP contribution in [0.15, 0.2) is 0 Å². The zero-order valence-corrected chi connectivity index (χ0v) is 9.62. The minimum absolute atomic E-state index is 0.0955. The lowest BCUT2D eigenvalue weighted by Gasteiger charge is -2.25. The number of carbonyl (C=O) groups excluding carboxylic acids is 2. The zero-order valence-electron chi connectivity index (χ0n) is 9.62. The number of hydrogen-bond acceptors (Lipinski definition) is 3. The summed E-state index contributed by atoms with van der Waals surface area (Å²) in [6.07, 6.45) is 3.70. The second kappa shape index (κ2) is 5.89. The summed E-state index contributed by atoms with van der Waals surface area (Å²) >= 11 is 0. The summed E-state index contributed by atoms with van der Waals surface area (Å²) in [5.41, 5.74) is 0. The molecule has 0 radical (unpaired) electrons. The molecule has 3 heteroatoms. The molecule has 0 N–H and O–H groups in total. The van der Waals surface area contributed by atoms with E-state index in [1.54, 1.807) is 6.92 Å². The average Bonchev–Trinajstić information content (AvgIpc) is 2.20. The molecule has 0 aromatic rings. The van der Waals surface area contributed by atoms with Crippen LogP contribution in [0.2, 0.25) is 0 Å². The van der Waals surface area contributed by atoms with E-state index >= 15 is 0 Å². The molecule has 1 saturated carbocycles. The number of ketones is 1. The molecule has 1 aliphatic rings. The molecule has 1 aliphatic carbocycles. The van der Waals surface area contributed by atoms with Gasteiger partial charge in [0, 0.05) is 18.8 Å². The predicted molar refractivity (Wildman–Crippen MR) is 57.4 cm³/mol. The molecule has 0 heterocycles. The summed E-state index contributed by atoms with van der Waals surface area (Å²) in [4.78, 5) is 22.7. The third kappa shape index (κ3) is 4.02. The van der Waals surface area contributed by atoms with E-state index in [2.05, 4.69) is 6.92 Å². The van der Waals surface area contributed by atoms with Crippen molar-refractivity contribution in [1.82, 2.24) is 0 Å². The van der Waals surface area contributed by atoms with E-state index in [4.69, 9.17) is 4.74 Å². The van der Waals surface area contributed by atoms with Crippen molar-refractivity contribution in [2.75, 3.05) is 6.61 Å². The smallest absolute Gasteiger partial charge is 0.305 e. The van der Waals surface area contributed by atoms with Crippen molar-refractivity contribution >= 4 is 11.8 Å². The summed E-state index contributed by atoms with van der Waals surface area (Å²) in [5, 5.41) is 0. The number of hydrogen-bond donors (Lipinski definition) is 0. The van der Waals surface area contributed by atoms with Crippen LogP contribution in [0.3, 0.4) is 0 Å². The first-order chi connectivity index (χ1) is 7.13. The lowest BCUT2D eigenvalue weighted by molar-refractivity contribution is -0.143. The Morgan fingerprint density at radius 3 is 2.93 bits per heavy atom. The van der Waals surface area contributed by atoms with Crippen LogP contribution in [-0.2, 0) is 14.3 Å². The fourth-order valence-corrected chi connectivity index (χ4v) is 2.13. The Hall–Kier alpha value is -0.860. The van der Waals surface area contributed by atoms with E-state index in [9.17, 15) is 9.59 Å². The summed E-state index contributed by atoms with van der Waals surface area (Å²) < 4.78 is 4.84. The van der Waals surface area contributed by atoms with Gasteiger partial charge in [-0.15, -0.1) is 0 Å². The monoisotopic (exact) mass is 212 g/mol. The average molecular weight is 212 g/mol. The summed E-state index contributed by atoms with van der Waals surface area (Å²) in [6, 6.07) is 0. The van der Waals surface area contributed by atoms with Gasteiger partial charge in [0.2, 0.25) is 0 Å². The quantitative estimate of drug-likeness (QED) is 0.672. The molecule has 1 fully saturated rings. The van der Waals surface area contributed by atoms with E-state index in [1.807, 2.05) is 0 Å². The first-order valence-electron chi connectivity index (χ1n) is 5.81. The van der Waals surface area contributed by atoms with E-state index < -0.39 is 0 Å². The molecule has 3 nitrogen and oxygen atoms in total. The lowest BCUT2D eigenvalue weighted by Crippen LogP contribution is -2.24. The summed E-state index contributed by atoms with van der Waals surface area (Å²) in [5.74, 6) is 0.869. The highest BCUT2D eigenvalue weighted by atomic mass is 16.5. The van der Waals surface area contributed by atoms with E-state index in [0.717, 1.165) is 12.8 Å². The molecule has 0 spiro atoms. The Bertz CT molecular complexity index is 235. The molecular weight excluding hydrogens is 192 g/mol. The zero-order chi connectivity index (χ0) is 11.3. The summed E-state index contributed by atoms with van der Waals surface area (Å²) in [6.45, 7) is 4.39. The van der Waals surface area contributed by atoms with Gasteiger partial charge in [-0.2, -0.15) is 0 Å². The van der Waals surface area contributed by atoms with Crippen molar-refractivity contribution < 1.29 is 14.3 Å². The van der Waals surface area contributed by atoms with Crippen molar-refractivity contribution in [1.29, 1.82) is 0 Å². The van der Waals surface area contributed by atoms with Crippen LogP contribution >= 0.6 is 0 Å². The van der Waals surface area contributed by atoms with Gasteiger partial charge in [0.1, 0.15) is 5.78 Å². The first kappa shape index (κ1) is 12.2. The number of carbonyl (C=O) groups is 2. The molecule has 86 valence electrons. The minimum Gasteiger partial charge on any atom is -0.466 e. The van der Waals surface area contributed by atoms with Gasteiger partial charge in [-0.1, -0.05) is 6.92 Å². The van der Waals surface area contributed by atoms with Gasteiger partial charge in [0.25, 0.3) is 0 Å². The normalized spacial score (nSPS) is 26.4. The fraction of sp³-hybridized carbons (Fsp3) is 0.833. The third-order valence-corrected chi connectivity index (χ3v) is 3.03. The van der Waals surface area contributed by atoms with Crippen LogP contribution in [-0.4, -0.2) is 18.4 Å². The maximum atomic E-state index is 11.6. The standard InChI is InChI=1S/C12H20O3/c1-3-15-12(14)7-5-10-8-9(2)4-6-11(10)13/h9-10H,3-8H2,1-2H3. The van der Waals surface area contributed by atoms with Crippen LogP contribution in [0.4, 0.5) is 0 Å². The molecule has 0 amide bonds. The molecule has 0 saturated heterocycles.